The Labute approximate surface area is 114 Å². The van der Waals surface area contributed by atoms with E-state index >= 15 is 0 Å². The molecule has 19 heavy (non-hydrogen) atoms. The molecule has 0 radical (unpaired) electrons. The van der Waals surface area contributed by atoms with E-state index in [9.17, 15) is 8.42 Å². The van der Waals surface area contributed by atoms with E-state index in [0.717, 1.165) is 11.1 Å². The highest BCUT2D eigenvalue weighted by atomic mass is 32.2. The summed E-state index contributed by atoms with van der Waals surface area (Å²) in [4.78, 5) is 4.62. The molecular weight excluding hydrogens is 260 g/mol. The van der Waals surface area contributed by atoms with Gasteiger partial charge in [0.15, 0.2) is 0 Å². The van der Waals surface area contributed by atoms with Gasteiger partial charge in [-0.15, -0.1) is 0 Å². The van der Waals surface area contributed by atoms with Gasteiger partial charge < -0.3 is 0 Å². The number of nitrogens with zero attached hydrogens (tertiary/aromatic N) is 2. The van der Waals surface area contributed by atoms with E-state index in [0.29, 0.717) is 23.4 Å². The molecule has 0 spiro atoms. The number of hydrogen-bond acceptors (Lipinski definition) is 3. The van der Waals surface area contributed by atoms with E-state index in [1.807, 2.05) is 32.9 Å². The number of sulfonamides is 1. The quantitative estimate of drug-likeness (QED) is 0.863. The summed E-state index contributed by atoms with van der Waals surface area (Å²) in [5.41, 5.74) is 1.73. The molecular formula is C14H18N2O2S. The highest BCUT2D eigenvalue weighted by Gasteiger charge is 2.24. The van der Waals surface area contributed by atoms with Gasteiger partial charge in [0.2, 0.25) is 10.0 Å². The zero-order chi connectivity index (χ0) is 14.0. The lowest BCUT2D eigenvalue weighted by atomic mass is 10.1. The van der Waals surface area contributed by atoms with Crippen LogP contribution in [0.4, 0.5) is 0 Å². The summed E-state index contributed by atoms with van der Waals surface area (Å²) in [6.07, 6.45) is 1.68. The molecule has 0 aliphatic carbocycles. The lowest BCUT2D eigenvalue weighted by Crippen LogP contribution is -2.30. The van der Waals surface area contributed by atoms with Crippen LogP contribution in [0, 0.1) is 6.92 Å². The average Bonchev–Trinajstić information content (AvgIpc) is 2.40. The fourth-order valence-corrected chi connectivity index (χ4v) is 3.86. The van der Waals surface area contributed by atoms with Crippen molar-refractivity contribution in [2.24, 2.45) is 0 Å². The third-order valence-corrected chi connectivity index (χ3v) is 5.36. The molecule has 2 aromatic rings. The van der Waals surface area contributed by atoms with Gasteiger partial charge in [0, 0.05) is 24.7 Å². The van der Waals surface area contributed by atoms with Gasteiger partial charge in [-0.1, -0.05) is 19.9 Å². The van der Waals surface area contributed by atoms with Gasteiger partial charge in [-0.3, -0.25) is 4.98 Å². The van der Waals surface area contributed by atoms with Gasteiger partial charge in [-0.05, 0) is 30.7 Å². The lowest BCUT2D eigenvalue weighted by molar-refractivity contribution is 0.446. The van der Waals surface area contributed by atoms with Crippen molar-refractivity contribution in [2.75, 3.05) is 13.1 Å². The molecule has 0 N–H and O–H groups in total. The zero-order valence-electron chi connectivity index (χ0n) is 11.4. The number of rotatable bonds is 4. The van der Waals surface area contributed by atoms with Crippen LogP contribution >= 0.6 is 0 Å². The first kappa shape index (κ1) is 14.0. The van der Waals surface area contributed by atoms with Crippen LogP contribution < -0.4 is 0 Å². The molecule has 1 aromatic heterocycles. The smallest absolute Gasteiger partial charge is 0.243 e. The van der Waals surface area contributed by atoms with E-state index < -0.39 is 10.0 Å². The standard InChI is InChI=1S/C14H18N2O2S/c1-4-16(5-2)19(17,18)13-9-8-11(3)14-12(13)7-6-10-15-14/h6-10H,4-5H2,1-3H3. The lowest BCUT2D eigenvalue weighted by Gasteiger charge is -2.19. The number of hydrogen-bond donors (Lipinski definition) is 0. The second-order valence-electron chi connectivity index (χ2n) is 4.37. The van der Waals surface area contributed by atoms with Gasteiger partial charge >= 0.3 is 0 Å². The van der Waals surface area contributed by atoms with Gasteiger partial charge in [0.25, 0.3) is 0 Å². The van der Waals surface area contributed by atoms with Crippen molar-refractivity contribution in [2.45, 2.75) is 25.7 Å². The molecule has 0 unspecified atom stereocenters. The third-order valence-electron chi connectivity index (χ3n) is 3.25. The molecule has 0 amide bonds. The fourth-order valence-electron chi connectivity index (χ4n) is 2.22. The first-order valence-electron chi connectivity index (χ1n) is 6.36. The second kappa shape index (κ2) is 5.27. The minimum atomic E-state index is -3.45. The van der Waals surface area contributed by atoms with Gasteiger partial charge in [-0.25, -0.2) is 8.42 Å². The Morgan fingerprint density at radius 1 is 1.16 bits per heavy atom. The Kier molecular flexibility index (Phi) is 3.87. The summed E-state index contributed by atoms with van der Waals surface area (Å²) in [6, 6.07) is 7.06. The van der Waals surface area contributed by atoms with Crippen molar-refractivity contribution in [1.82, 2.24) is 9.29 Å². The van der Waals surface area contributed by atoms with Crippen LogP contribution in [0.2, 0.25) is 0 Å². The number of aryl methyl sites for hydroxylation is 1. The summed E-state index contributed by atoms with van der Waals surface area (Å²) in [5, 5.41) is 0.689. The Bertz CT molecular complexity index is 692. The van der Waals surface area contributed by atoms with Crippen molar-refractivity contribution in [1.29, 1.82) is 0 Å². The number of aromatic nitrogens is 1. The van der Waals surface area contributed by atoms with Crippen molar-refractivity contribution >= 4 is 20.9 Å². The molecule has 0 fully saturated rings. The Morgan fingerprint density at radius 3 is 2.47 bits per heavy atom. The van der Waals surface area contributed by atoms with Crippen molar-refractivity contribution in [3.63, 3.8) is 0 Å². The van der Waals surface area contributed by atoms with E-state index in [4.69, 9.17) is 0 Å². The van der Waals surface area contributed by atoms with Crippen LogP contribution in [0.15, 0.2) is 35.4 Å². The molecule has 0 bridgehead atoms. The summed E-state index contributed by atoms with van der Waals surface area (Å²) in [7, 11) is -3.45. The van der Waals surface area contributed by atoms with Crippen LogP contribution in [-0.2, 0) is 10.0 Å². The van der Waals surface area contributed by atoms with Crippen molar-refractivity contribution in [3.8, 4) is 0 Å². The molecule has 102 valence electrons. The van der Waals surface area contributed by atoms with Gasteiger partial charge in [-0.2, -0.15) is 4.31 Å². The van der Waals surface area contributed by atoms with E-state index in [1.54, 1.807) is 18.3 Å². The first-order valence-corrected chi connectivity index (χ1v) is 7.80. The molecule has 0 atom stereocenters. The molecule has 2 rings (SSSR count). The van der Waals surface area contributed by atoms with Crippen LogP contribution in [-0.4, -0.2) is 30.8 Å². The average molecular weight is 278 g/mol. The third kappa shape index (κ3) is 2.35. The molecule has 0 saturated heterocycles. The molecule has 0 aliphatic rings. The number of pyridine rings is 1. The summed E-state index contributed by atoms with van der Waals surface area (Å²) < 4.78 is 26.7. The Balaban J connectivity index is 2.74. The summed E-state index contributed by atoms with van der Waals surface area (Å²) in [5.74, 6) is 0. The van der Waals surface area contributed by atoms with E-state index in [1.165, 1.54) is 4.31 Å². The summed E-state index contributed by atoms with van der Waals surface area (Å²) in [6.45, 7) is 6.55. The Hall–Kier alpha value is -1.46. The summed E-state index contributed by atoms with van der Waals surface area (Å²) >= 11 is 0. The maximum absolute atomic E-state index is 12.6. The predicted molar refractivity (Wildman–Crippen MR) is 76.6 cm³/mol. The minimum Gasteiger partial charge on any atom is -0.256 e. The predicted octanol–water partition coefficient (Wildman–Crippen LogP) is 2.57. The molecule has 4 nitrogen and oxygen atoms in total. The van der Waals surface area contributed by atoms with E-state index in [2.05, 4.69) is 4.98 Å². The topological polar surface area (TPSA) is 50.3 Å². The maximum atomic E-state index is 12.6. The SMILES string of the molecule is CCN(CC)S(=O)(=O)c1ccc(C)c2ncccc12. The molecule has 1 aromatic carbocycles. The Morgan fingerprint density at radius 2 is 1.84 bits per heavy atom. The van der Waals surface area contributed by atoms with E-state index in [-0.39, 0.29) is 0 Å². The van der Waals surface area contributed by atoms with Gasteiger partial charge in [0.05, 0.1) is 10.4 Å². The largest absolute Gasteiger partial charge is 0.256 e. The van der Waals surface area contributed by atoms with Crippen LogP contribution in [0.25, 0.3) is 10.9 Å². The van der Waals surface area contributed by atoms with Crippen molar-refractivity contribution in [3.05, 3.63) is 36.0 Å². The molecule has 5 heteroatoms. The molecule has 0 aliphatic heterocycles. The maximum Gasteiger partial charge on any atom is 0.243 e. The van der Waals surface area contributed by atoms with Crippen molar-refractivity contribution < 1.29 is 8.42 Å². The fraction of sp³-hybridized carbons (Fsp3) is 0.357. The first-order chi connectivity index (χ1) is 9.02. The molecule has 1 heterocycles. The monoisotopic (exact) mass is 278 g/mol. The van der Waals surface area contributed by atoms with Crippen LogP contribution in [0.1, 0.15) is 19.4 Å². The number of benzene rings is 1. The highest BCUT2D eigenvalue weighted by molar-refractivity contribution is 7.89. The minimum absolute atomic E-state index is 0.338. The second-order valence-corrected chi connectivity index (χ2v) is 6.28. The highest BCUT2D eigenvalue weighted by Crippen LogP contribution is 2.26. The zero-order valence-corrected chi connectivity index (χ0v) is 12.2. The van der Waals surface area contributed by atoms with Gasteiger partial charge in [0.1, 0.15) is 0 Å². The molecule has 0 saturated carbocycles. The number of fused-ring (bicyclic) bond motifs is 1. The van der Waals surface area contributed by atoms with Crippen LogP contribution in [0.3, 0.4) is 0 Å². The normalized spacial score (nSPS) is 12.2. The van der Waals surface area contributed by atoms with Crippen LogP contribution in [0.5, 0.6) is 0 Å².